The van der Waals surface area contributed by atoms with Crippen LogP contribution in [0.4, 0.5) is 0 Å². The van der Waals surface area contributed by atoms with Crippen LogP contribution in [0.25, 0.3) is 0 Å². The van der Waals surface area contributed by atoms with E-state index in [9.17, 15) is 0 Å². The van der Waals surface area contributed by atoms with Crippen molar-refractivity contribution < 1.29 is 4.74 Å². The van der Waals surface area contributed by atoms with Crippen molar-refractivity contribution >= 4 is 11.3 Å². The fourth-order valence-electron chi connectivity index (χ4n) is 2.13. The van der Waals surface area contributed by atoms with Crippen molar-refractivity contribution in [3.63, 3.8) is 0 Å². The van der Waals surface area contributed by atoms with E-state index in [2.05, 4.69) is 44.3 Å². The van der Waals surface area contributed by atoms with Gasteiger partial charge >= 0.3 is 0 Å². The van der Waals surface area contributed by atoms with E-state index in [1.165, 1.54) is 20.9 Å². The number of hydrogen-bond acceptors (Lipinski definition) is 3. The summed E-state index contributed by atoms with van der Waals surface area (Å²) in [7, 11) is 1.69. The lowest BCUT2D eigenvalue weighted by molar-refractivity contribution is 0.414. The van der Waals surface area contributed by atoms with E-state index in [0.717, 1.165) is 12.3 Å². The maximum atomic E-state index is 5.18. The Labute approximate surface area is 119 Å². The minimum absolute atomic E-state index is 0.338. The first-order valence-electron chi connectivity index (χ1n) is 6.53. The molecule has 0 aliphatic rings. The van der Waals surface area contributed by atoms with Gasteiger partial charge in [-0.25, -0.2) is 0 Å². The van der Waals surface area contributed by atoms with Crippen molar-refractivity contribution in [3.8, 4) is 5.75 Å². The predicted octanol–water partition coefficient (Wildman–Crippen LogP) is 4.22. The largest absolute Gasteiger partial charge is 0.497 e. The van der Waals surface area contributed by atoms with E-state index < -0.39 is 0 Å². The van der Waals surface area contributed by atoms with Crippen LogP contribution >= 0.6 is 11.3 Å². The fraction of sp³-hybridized carbons (Fsp3) is 0.375. The van der Waals surface area contributed by atoms with Crippen LogP contribution in [0.2, 0.25) is 0 Å². The molecule has 102 valence electrons. The van der Waals surface area contributed by atoms with Gasteiger partial charge in [-0.05, 0) is 50.1 Å². The van der Waals surface area contributed by atoms with Gasteiger partial charge in [0.15, 0.2) is 0 Å². The lowest BCUT2D eigenvalue weighted by atomic mass is 10.1. The summed E-state index contributed by atoms with van der Waals surface area (Å²) in [6.45, 7) is 7.46. The highest BCUT2D eigenvalue weighted by molar-refractivity contribution is 7.12. The quantitative estimate of drug-likeness (QED) is 0.882. The maximum absolute atomic E-state index is 5.18. The van der Waals surface area contributed by atoms with Gasteiger partial charge in [0.2, 0.25) is 0 Å². The van der Waals surface area contributed by atoms with E-state index >= 15 is 0 Å². The summed E-state index contributed by atoms with van der Waals surface area (Å²) >= 11 is 1.87. The number of benzene rings is 1. The van der Waals surface area contributed by atoms with E-state index in [1.807, 2.05) is 23.5 Å². The Kier molecular flexibility index (Phi) is 4.61. The van der Waals surface area contributed by atoms with Crippen molar-refractivity contribution in [2.45, 2.75) is 33.4 Å². The molecule has 0 fully saturated rings. The molecule has 0 amide bonds. The Morgan fingerprint density at radius 3 is 2.42 bits per heavy atom. The van der Waals surface area contributed by atoms with Crippen molar-refractivity contribution in [2.75, 3.05) is 7.11 Å². The van der Waals surface area contributed by atoms with Crippen molar-refractivity contribution in [3.05, 3.63) is 51.2 Å². The SMILES string of the molecule is COc1ccc([C@H](C)NCc2cc(C)sc2C)cc1. The Balaban J connectivity index is 1.96. The summed E-state index contributed by atoms with van der Waals surface area (Å²) in [6.07, 6.45) is 0. The third kappa shape index (κ3) is 3.58. The molecule has 0 saturated carbocycles. The molecule has 0 aliphatic heterocycles. The van der Waals surface area contributed by atoms with Crippen molar-refractivity contribution in [2.24, 2.45) is 0 Å². The number of hydrogen-bond donors (Lipinski definition) is 1. The van der Waals surface area contributed by atoms with E-state index in [4.69, 9.17) is 4.74 Å². The van der Waals surface area contributed by atoms with Gasteiger partial charge in [0.1, 0.15) is 5.75 Å². The summed E-state index contributed by atoms with van der Waals surface area (Å²) in [5.41, 5.74) is 2.69. The molecular weight excluding hydrogens is 254 g/mol. The topological polar surface area (TPSA) is 21.3 Å². The standard InChI is InChI=1S/C16H21NOS/c1-11-9-15(13(3)19-11)10-17-12(2)14-5-7-16(18-4)8-6-14/h5-9,12,17H,10H2,1-4H3/t12-/m0/s1. The zero-order valence-corrected chi connectivity index (χ0v) is 12.8. The molecule has 2 aromatic rings. The minimum atomic E-state index is 0.338. The van der Waals surface area contributed by atoms with Crippen molar-refractivity contribution in [1.29, 1.82) is 0 Å². The molecule has 1 aromatic carbocycles. The van der Waals surface area contributed by atoms with Gasteiger partial charge in [-0.2, -0.15) is 0 Å². The molecule has 1 aromatic heterocycles. The lowest BCUT2D eigenvalue weighted by Crippen LogP contribution is -2.18. The molecule has 2 nitrogen and oxygen atoms in total. The summed E-state index contributed by atoms with van der Waals surface area (Å²) in [5, 5.41) is 3.57. The number of rotatable bonds is 5. The fourth-order valence-corrected chi connectivity index (χ4v) is 3.08. The van der Waals surface area contributed by atoms with Crippen LogP contribution in [0.15, 0.2) is 30.3 Å². The highest BCUT2D eigenvalue weighted by Gasteiger charge is 2.07. The Morgan fingerprint density at radius 1 is 1.21 bits per heavy atom. The second kappa shape index (κ2) is 6.22. The summed E-state index contributed by atoms with van der Waals surface area (Å²) in [6, 6.07) is 10.9. The molecule has 0 bridgehead atoms. The van der Waals surface area contributed by atoms with Crippen LogP contribution in [0.3, 0.4) is 0 Å². The highest BCUT2D eigenvalue weighted by atomic mass is 32.1. The zero-order valence-electron chi connectivity index (χ0n) is 12.0. The summed E-state index contributed by atoms with van der Waals surface area (Å²) in [4.78, 5) is 2.79. The molecule has 19 heavy (non-hydrogen) atoms. The van der Waals surface area contributed by atoms with E-state index in [-0.39, 0.29) is 0 Å². The number of aryl methyl sites for hydroxylation is 2. The first-order chi connectivity index (χ1) is 9.10. The average Bonchev–Trinajstić information content (AvgIpc) is 2.74. The lowest BCUT2D eigenvalue weighted by Gasteiger charge is -2.14. The Hall–Kier alpha value is -1.32. The first kappa shape index (κ1) is 14.1. The van der Waals surface area contributed by atoms with Gasteiger partial charge in [-0.1, -0.05) is 12.1 Å². The molecule has 0 radical (unpaired) electrons. The second-order valence-electron chi connectivity index (χ2n) is 4.81. The van der Waals surface area contributed by atoms with Crippen LogP contribution in [0.1, 0.15) is 33.8 Å². The first-order valence-corrected chi connectivity index (χ1v) is 7.35. The van der Waals surface area contributed by atoms with Crippen LogP contribution in [0, 0.1) is 13.8 Å². The smallest absolute Gasteiger partial charge is 0.118 e. The van der Waals surface area contributed by atoms with Crippen LogP contribution < -0.4 is 10.1 Å². The number of thiophene rings is 1. The highest BCUT2D eigenvalue weighted by Crippen LogP contribution is 2.22. The Morgan fingerprint density at radius 2 is 1.89 bits per heavy atom. The molecule has 0 saturated heterocycles. The van der Waals surface area contributed by atoms with E-state index in [0.29, 0.717) is 6.04 Å². The van der Waals surface area contributed by atoms with Crippen molar-refractivity contribution in [1.82, 2.24) is 5.32 Å². The van der Waals surface area contributed by atoms with Gasteiger partial charge in [-0.15, -0.1) is 11.3 Å². The van der Waals surface area contributed by atoms with Gasteiger partial charge in [0.25, 0.3) is 0 Å². The van der Waals surface area contributed by atoms with Gasteiger partial charge in [0, 0.05) is 22.3 Å². The second-order valence-corrected chi connectivity index (χ2v) is 6.27. The van der Waals surface area contributed by atoms with Crippen LogP contribution in [0.5, 0.6) is 5.75 Å². The molecule has 3 heteroatoms. The number of methoxy groups -OCH3 is 1. The average molecular weight is 275 g/mol. The van der Waals surface area contributed by atoms with Gasteiger partial charge < -0.3 is 10.1 Å². The minimum Gasteiger partial charge on any atom is -0.497 e. The third-order valence-corrected chi connectivity index (χ3v) is 4.37. The van der Waals surface area contributed by atoms with E-state index in [1.54, 1.807) is 7.11 Å². The molecule has 0 unspecified atom stereocenters. The molecule has 2 rings (SSSR count). The number of nitrogens with one attached hydrogen (secondary N) is 1. The molecule has 1 N–H and O–H groups in total. The molecule has 1 atom stereocenters. The normalized spacial score (nSPS) is 12.4. The summed E-state index contributed by atoms with van der Waals surface area (Å²) < 4.78 is 5.18. The Bertz CT molecular complexity index is 530. The van der Waals surface area contributed by atoms with Crippen LogP contribution in [-0.2, 0) is 6.54 Å². The molecule has 0 spiro atoms. The molecular formula is C16H21NOS. The maximum Gasteiger partial charge on any atom is 0.118 e. The summed E-state index contributed by atoms with van der Waals surface area (Å²) in [5.74, 6) is 0.903. The number of ether oxygens (including phenoxy) is 1. The third-order valence-electron chi connectivity index (χ3n) is 3.36. The van der Waals surface area contributed by atoms with Gasteiger partial charge in [0.05, 0.1) is 7.11 Å². The molecule has 0 aliphatic carbocycles. The van der Waals surface area contributed by atoms with Gasteiger partial charge in [-0.3, -0.25) is 0 Å². The van der Waals surface area contributed by atoms with Crippen LogP contribution in [-0.4, -0.2) is 7.11 Å². The monoisotopic (exact) mass is 275 g/mol. The zero-order chi connectivity index (χ0) is 13.8. The predicted molar refractivity (Wildman–Crippen MR) is 82.0 cm³/mol. The molecule has 1 heterocycles.